The van der Waals surface area contributed by atoms with Crippen molar-refractivity contribution in [1.82, 2.24) is 15.1 Å². The van der Waals surface area contributed by atoms with Crippen molar-refractivity contribution in [3.8, 4) is 5.75 Å². The molecule has 3 aliphatic rings. The first-order valence-electron chi connectivity index (χ1n) is 12.5. The second-order valence-electron chi connectivity index (χ2n) is 9.91. The van der Waals surface area contributed by atoms with E-state index in [1.165, 1.54) is 4.90 Å². The first kappa shape index (κ1) is 25.2. The molecule has 0 aliphatic carbocycles. The third-order valence-electron chi connectivity index (χ3n) is 7.04. The molecule has 2 fully saturated rings. The first-order chi connectivity index (χ1) is 17.7. The van der Waals surface area contributed by atoms with E-state index in [1.54, 1.807) is 24.3 Å². The van der Waals surface area contributed by atoms with Gasteiger partial charge in [-0.05, 0) is 55.6 Å². The van der Waals surface area contributed by atoms with Crippen LogP contribution < -0.4 is 15.4 Å². The smallest absolute Gasteiger partial charge is 0.255 e. The zero-order valence-electron chi connectivity index (χ0n) is 20.6. The van der Waals surface area contributed by atoms with Crippen LogP contribution in [0.15, 0.2) is 36.4 Å². The van der Waals surface area contributed by atoms with Crippen LogP contribution in [0.1, 0.15) is 47.2 Å². The number of carbonyl (C=O) groups is 4. The third kappa shape index (κ3) is 5.78. The molecule has 2 aromatic carbocycles. The summed E-state index contributed by atoms with van der Waals surface area (Å²) in [5.41, 5.74) is 2.80. The van der Waals surface area contributed by atoms with Crippen molar-refractivity contribution in [2.75, 3.05) is 25.5 Å². The molecule has 2 aromatic rings. The molecule has 2 atom stereocenters. The largest absolute Gasteiger partial charge is 0.489 e. The van der Waals surface area contributed by atoms with Crippen LogP contribution in [0.25, 0.3) is 0 Å². The minimum absolute atomic E-state index is 0.0976. The van der Waals surface area contributed by atoms with Crippen LogP contribution in [-0.4, -0.2) is 65.7 Å². The van der Waals surface area contributed by atoms with Gasteiger partial charge in [-0.15, -0.1) is 0 Å². The molecule has 5 rings (SSSR count). The fourth-order valence-corrected chi connectivity index (χ4v) is 5.35. The predicted octanol–water partition coefficient (Wildman–Crippen LogP) is 2.76. The number of nitrogens with one attached hydrogen (secondary N) is 2. The van der Waals surface area contributed by atoms with Gasteiger partial charge in [-0.2, -0.15) is 0 Å². The van der Waals surface area contributed by atoms with Crippen LogP contribution in [0.3, 0.4) is 0 Å². The van der Waals surface area contributed by atoms with Gasteiger partial charge in [0.2, 0.25) is 17.7 Å². The van der Waals surface area contributed by atoms with E-state index in [-0.39, 0.29) is 36.7 Å². The van der Waals surface area contributed by atoms with Gasteiger partial charge in [-0.1, -0.05) is 23.7 Å². The number of carbonyl (C=O) groups excluding carboxylic acids is 4. The molecule has 2 N–H and O–H groups in total. The summed E-state index contributed by atoms with van der Waals surface area (Å²) in [6.07, 6.45) is 2.25. The highest BCUT2D eigenvalue weighted by Gasteiger charge is 2.39. The number of imide groups is 1. The van der Waals surface area contributed by atoms with Gasteiger partial charge < -0.3 is 19.9 Å². The van der Waals surface area contributed by atoms with E-state index >= 15 is 0 Å². The molecule has 9 nitrogen and oxygen atoms in total. The molecule has 0 aromatic heterocycles. The fourth-order valence-electron chi connectivity index (χ4n) is 5.12. The number of ether oxygens (including phenoxy) is 1. The minimum atomic E-state index is -0.645. The molecule has 0 saturated carbocycles. The zero-order chi connectivity index (χ0) is 26.1. The van der Waals surface area contributed by atoms with Crippen LogP contribution in [0.4, 0.5) is 5.69 Å². The predicted molar refractivity (Wildman–Crippen MR) is 137 cm³/mol. The van der Waals surface area contributed by atoms with E-state index in [9.17, 15) is 19.2 Å². The normalized spacial score (nSPS) is 21.7. The van der Waals surface area contributed by atoms with Gasteiger partial charge in [0.25, 0.3) is 5.91 Å². The summed E-state index contributed by atoms with van der Waals surface area (Å²) in [5, 5.41) is 5.68. The molecular formula is C27H29ClN4O5. The molecule has 3 aliphatic heterocycles. The Kier molecular flexibility index (Phi) is 7.17. The molecule has 2 saturated heterocycles. The number of hydrogen-bond acceptors (Lipinski definition) is 6. The number of nitrogens with zero attached hydrogens (tertiary/aromatic N) is 2. The summed E-state index contributed by atoms with van der Waals surface area (Å²) in [7, 11) is 2.05. The molecule has 3 heterocycles. The molecule has 4 amide bonds. The van der Waals surface area contributed by atoms with E-state index in [4.69, 9.17) is 16.3 Å². The molecule has 194 valence electrons. The zero-order valence-corrected chi connectivity index (χ0v) is 21.3. The summed E-state index contributed by atoms with van der Waals surface area (Å²) in [6, 6.07) is 10.1. The van der Waals surface area contributed by atoms with Gasteiger partial charge >= 0.3 is 0 Å². The minimum Gasteiger partial charge on any atom is -0.489 e. The highest BCUT2D eigenvalue weighted by atomic mass is 35.5. The van der Waals surface area contributed by atoms with Crippen molar-refractivity contribution in [2.45, 2.75) is 50.8 Å². The molecular weight excluding hydrogens is 496 g/mol. The number of benzene rings is 2. The van der Waals surface area contributed by atoms with Gasteiger partial charge in [0, 0.05) is 54.8 Å². The second kappa shape index (κ2) is 10.5. The molecule has 2 unspecified atom stereocenters. The van der Waals surface area contributed by atoms with Gasteiger partial charge in [-0.25, -0.2) is 0 Å². The van der Waals surface area contributed by atoms with Crippen LogP contribution in [0, 0.1) is 0 Å². The van der Waals surface area contributed by atoms with Gasteiger partial charge in [0.1, 0.15) is 17.9 Å². The van der Waals surface area contributed by atoms with Crippen LogP contribution >= 0.6 is 11.6 Å². The van der Waals surface area contributed by atoms with Crippen LogP contribution in [0.2, 0.25) is 5.02 Å². The summed E-state index contributed by atoms with van der Waals surface area (Å²) in [5.74, 6) is -0.518. The van der Waals surface area contributed by atoms with Crippen LogP contribution in [-0.2, 0) is 27.3 Å². The Hall–Kier alpha value is -3.43. The Morgan fingerprint density at radius 1 is 1.16 bits per heavy atom. The van der Waals surface area contributed by atoms with E-state index in [1.807, 2.05) is 12.1 Å². The van der Waals surface area contributed by atoms with Gasteiger partial charge in [-0.3, -0.25) is 24.5 Å². The number of piperidine rings is 1. The Morgan fingerprint density at radius 3 is 2.76 bits per heavy atom. The van der Waals surface area contributed by atoms with E-state index in [0.717, 1.165) is 30.6 Å². The van der Waals surface area contributed by atoms with Gasteiger partial charge in [0.05, 0.1) is 0 Å². The summed E-state index contributed by atoms with van der Waals surface area (Å²) < 4.78 is 6.04. The monoisotopic (exact) mass is 524 g/mol. The topological polar surface area (TPSA) is 108 Å². The highest BCUT2D eigenvalue weighted by molar-refractivity contribution is 6.31. The standard InChI is InChI=1S/C27H29ClN4O5/c1-31-9-8-20(15-31)37-21-12-18(28)11-19(13-21)29-24(33)6-3-16-2-4-17-14-32(27(36)22(17)10-16)23-5-7-25(34)30-26(23)35/h2,4,10-13,20,23H,3,5-9,14-15H2,1H3,(H,29,33)(H,30,34,35). The lowest BCUT2D eigenvalue weighted by molar-refractivity contribution is -0.137. The average molecular weight is 525 g/mol. The number of anilines is 1. The maximum Gasteiger partial charge on any atom is 0.255 e. The Bertz CT molecular complexity index is 1270. The number of amides is 4. The number of likely N-dealkylation sites (N-methyl/N-ethyl adjacent to an activating group) is 1. The highest BCUT2D eigenvalue weighted by Crippen LogP contribution is 2.29. The molecule has 0 bridgehead atoms. The average Bonchev–Trinajstić information content (AvgIpc) is 3.39. The molecule has 10 heteroatoms. The number of aryl methyl sites for hydroxylation is 1. The second-order valence-corrected chi connectivity index (χ2v) is 10.3. The summed E-state index contributed by atoms with van der Waals surface area (Å²) in [4.78, 5) is 53.1. The quantitative estimate of drug-likeness (QED) is 0.539. The number of likely N-dealkylation sites (tertiary alicyclic amines) is 1. The number of hydrogen-bond donors (Lipinski definition) is 2. The molecule has 0 radical (unpaired) electrons. The number of rotatable bonds is 7. The lowest BCUT2D eigenvalue weighted by Gasteiger charge is -2.29. The van der Waals surface area contributed by atoms with E-state index in [0.29, 0.717) is 41.4 Å². The Morgan fingerprint density at radius 2 is 2.00 bits per heavy atom. The lowest BCUT2D eigenvalue weighted by atomic mass is 10.0. The van der Waals surface area contributed by atoms with Gasteiger partial charge in [0.15, 0.2) is 0 Å². The van der Waals surface area contributed by atoms with E-state index < -0.39 is 11.9 Å². The van der Waals surface area contributed by atoms with Crippen molar-refractivity contribution < 1.29 is 23.9 Å². The lowest BCUT2D eigenvalue weighted by Crippen LogP contribution is -2.52. The van der Waals surface area contributed by atoms with Crippen molar-refractivity contribution in [1.29, 1.82) is 0 Å². The number of fused-ring (bicyclic) bond motifs is 1. The fraction of sp³-hybridized carbons (Fsp3) is 0.407. The van der Waals surface area contributed by atoms with Crippen molar-refractivity contribution >= 4 is 40.9 Å². The van der Waals surface area contributed by atoms with Crippen LogP contribution in [0.5, 0.6) is 5.75 Å². The maximum absolute atomic E-state index is 13.0. The van der Waals surface area contributed by atoms with Crippen molar-refractivity contribution in [3.63, 3.8) is 0 Å². The van der Waals surface area contributed by atoms with Crippen molar-refractivity contribution in [3.05, 3.63) is 58.1 Å². The molecule has 37 heavy (non-hydrogen) atoms. The summed E-state index contributed by atoms with van der Waals surface area (Å²) >= 11 is 6.25. The summed E-state index contributed by atoms with van der Waals surface area (Å²) in [6.45, 7) is 2.17. The molecule has 0 spiro atoms. The third-order valence-corrected chi connectivity index (χ3v) is 7.26. The Labute approximate surface area is 220 Å². The maximum atomic E-state index is 13.0. The number of halogens is 1. The SMILES string of the molecule is CN1CCC(Oc2cc(Cl)cc(NC(=O)CCc3ccc4c(c3)C(=O)N(C3CCC(=O)NC3=O)C4)c2)C1. The van der Waals surface area contributed by atoms with E-state index in [2.05, 4.69) is 22.6 Å². The first-order valence-corrected chi connectivity index (χ1v) is 12.8. The Balaban J connectivity index is 1.18. The van der Waals surface area contributed by atoms with Crippen molar-refractivity contribution in [2.24, 2.45) is 0 Å².